The van der Waals surface area contributed by atoms with Crippen molar-refractivity contribution in [3.05, 3.63) is 0 Å². The topological polar surface area (TPSA) is 3.24 Å². The number of hydrogen-bond donors (Lipinski definition) is 2. The number of rotatable bonds is 5. The van der Waals surface area contributed by atoms with E-state index in [0.717, 1.165) is 17.4 Å². The van der Waals surface area contributed by atoms with Crippen LogP contribution in [0.2, 0.25) is 0 Å². The summed E-state index contributed by atoms with van der Waals surface area (Å²) in [5.74, 6) is 3.03. The lowest BCUT2D eigenvalue weighted by Gasteiger charge is -2.31. The van der Waals surface area contributed by atoms with E-state index in [2.05, 4.69) is 30.2 Å². The third kappa shape index (κ3) is 4.61. The van der Waals surface area contributed by atoms with E-state index in [1.165, 1.54) is 45.3 Å². The molecule has 0 aliphatic carbocycles. The molecule has 0 aromatic rings. The average molecular weight is 219 g/mol. The summed E-state index contributed by atoms with van der Waals surface area (Å²) >= 11 is 8.52. The maximum atomic E-state index is 4.29. The number of nitrogens with zero attached hydrogens (tertiary/aromatic N) is 1. The van der Waals surface area contributed by atoms with E-state index in [0.29, 0.717) is 0 Å². The highest BCUT2D eigenvalue weighted by Crippen LogP contribution is 2.20. The first-order valence-corrected chi connectivity index (χ1v) is 6.57. The largest absolute Gasteiger partial charge is 0.303 e. The molecule has 0 aromatic heterocycles. The van der Waals surface area contributed by atoms with E-state index in [1.807, 2.05) is 0 Å². The maximum Gasteiger partial charge on any atom is -0.00110 e. The Labute approximate surface area is 93.1 Å². The van der Waals surface area contributed by atoms with Crippen LogP contribution in [-0.2, 0) is 0 Å². The minimum Gasteiger partial charge on any atom is -0.303 e. The van der Waals surface area contributed by atoms with Crippen molar-refractivity contribution in [2.24, 2.45) is 5.92 Å². The molecule has 1 saturated heterocycles. The van der Waals surface area contributed by atoms with Gasteiger partial charge in [-0.2, -0.15) is 25.3 Å². The highest BCUT2D eigenvalue weighted by atomic mass is 32.1. The summed E-state index contributed by atoms with van der Waals surface area (Å²) in [7, 11) is 0. The Morgan fingerprint density at radius 1 is 1.08 bits per heavy atom. The van der Waals surface area contributed by atoms with Crippen molar-refractivity contribution in [3.63, 3.8) is 0 Å². The fourth-order valence-corrected chi connectivity index (χ4v) is 2.48. The fraction of sp³-hybridized carbons (Fsp3) is 1.00. The van der Waals surface area contributed by atoms with Gasteiger partial charge in [-0.1, -0.05) is 0 Å². The van der Waals surface area contributed by atoms with Gasteiger partial charge in [0.05, 0.1) is 0 Å². The van der Waals surface area contributed by atoms with Crippen molar-refractivity contribution in [1.82, 2.24) is 4.90 Å². The molecule has 0 unspecified atom stereocenters. The minimum atomic E-state index is 0.949. The SMILES string of the molecule is SCCCN1CCC(CCS)CC1. The summed E-state index contributed by atoms with van der Waals surface area (Å²) in [5, 5.41) is 0. The summed E-state index contributed by atoms with van der Waals surface area (Å²) in [5.41, 5.74) is 0. The van der Waals surface area contributed by atoms with E-state index in [1.54, 1.807) is 0 Å². The molecule has 78 valence electrons. The zero-order chi connectivity index (χ0) is 9.52. The van der Waals surface area contributed by atoms with Crippen LogP contribution in [0.15, 0.2) is 0 Å². The second-order valence-corrected chi connectivity index (χ2v) is 4.77. The van der Waals surface area contributed by atoms with Crippen molar-refractivity contribution in [3.8, 4) is 0 Å². The molecule has 1 heterocycles. The van der Waals surface area contributed by atoms with Crippen LogP contribution < -0.4 is 0 Å². The monoisotopic (exact) mass is 219 g/mol. The second kappa shape index (κ2) is 7.02. The third-order valence-corrected chi connectivity index (χ3v) is 3.45. The van der Waals surface area contributed by atoms with Crippen LogP contribution in [0.3, 0.4) is 0 Å². The van der Waals surface area contributed by atoms with Gasteiger partial charge in [-0.15, -0.1) is 0 Å². The van der Waals surface area contributed by atoms with Crippen LogP contribution >= 0.6 is 25.3 Å². The first-order chi connectivity index (χ1) is 6.36. The summed E-state index contributed by atoms with van der Waals surface area (Å²) in [4.78, 5) is 2.57. The van der Waals surface area contributed by atoms with E-state index < -0.39 is 0 Å². The first kappa shape index (κ1) is 11.7. The molecular weight excluding hydrogens is 198 g/mol. The van der Waals surface area contributed by atoms with Crippen LogP contribution in [0.5, 0.6) is 0 Å². The lowest BCUT2D eigenvalue weighted by Crippen LogP contribution is -2.34. The van der Waals surface area contributed by atoms with Gasteiger partial charge in [-0.05, 0) is 62.7 Å². The molecule has 0 N–H and O–H groups in total. The molecule has 0 aromatic carbocycles. The smallest absolute Gasteiger partial charge is 0.00110 e. The zero-order valence-electron chi connectivity index (χ0n) is 8.28. The van der Waals surface area contributed by atoms with Crippen LogP contribution in [0, 0.1) is 5.92 Å². The molecule has 1 nitrogen and oxygen atoms in total. The van der Waals surface area contributed by atoms with E-state index in [4.69, 9.17) is 0 Å². The fourth-order valence-electron chi connectivity index (χ4n) is 1.98. The lowest BCUT2D eigenvalue weighted by atomic mass is 9.94. The van der Waals surface area contributed by atoms with Gasteiger partial charge in [-0.3, -0.25) is 0 Å². The van der Waals surface area contributed by atoms with Crippen molar-refractivity contribution in [2.75, 3.05) is 31.1 Å². The van der Waals surface area contributed by atoms with Crippen LogP contribution in [0.1, 0.15) is 25.7 Å². The van der Waals surface area contributed by atoms with Gasteiger partial charge >= 0.3 is 0 Å². The molecule has 1 fully saturated rings. The number of hydrogen-bond acceptors (Lipinski definition) is 3. The molecule has 1 aliphatic rings. The number of piperidine rings is 1. The molecule has 0 radical (unpaired) electrons. The van der Waals surface area contributed by atoms with Crippen molar-refractivity contribution < 1.29 is 0 Å². The first-order valence-electron chi connectivity index (χ1n) is 5.31. The van der Waals surface area contributed by atoms with Gasteiger partial charge in [0.2, 0.25) is 0 Å². The molecule has 0 bridgehead atoms. The highest BCUT2D eigenvalue weighted by molar-refractivity contribution is 7.80. The van der Waals surface area contributed by atoms with Gasteiger partial charge in [0.25, 0.3) is 0 Å². The molecule has 0 atom stereocenters. The van der Waals surface area contributed by atoms with E-state index in [9.17, 15) is 0 Å². The number of thiol groups is 2. The third-order valence-electron chi connectivity index (χ3n) is 2.88. The minimum absolute atomic E-state index is 0.949. The predicted octanol–water partition coefficient (Wildman–Crippen LogP) is 2.34. The lowest BCUT2D eigenvalue weighted by molar-refractivity contribution is 0.183. The summed E-state index contributed by atoms with van der Waals surface area (Å²) in [6.45, 7) is 3.84. The Kier molecular flexibility index (Phi) is 6.33. The van der Waals surface area contributed by atoms with Crippen molar-refractivity contribution >= 4 is 25.3 Å². The summed E-state index contributed by atoms with van der Waals surface area (Å²) in [6, 6.07) is 0. The number of likely N-dealkylation sites (tertiary alicyclic amines) is 1. The van der Waals surface area contributed by atoms with Crippen LogP contribution in [0.25, 0.3) is 0 Å². The molecule has 0 spiro atoms. The van der Waals surface area contributed by atoms with Gasteiger partial charge < -0.3 is 4.90 Å². The maximum absolute atomic E-state index is 4.29. The van der Waals surface area contributed by atoms with Gasteiger partial charge in [0, 0.05) is 0 Å². The standard InChI is InChI=1S/C10H21NS2/c12-8-1-5-11-6-2-10(3-7-11)4-9-13/h10,12-13H,1-9H2. The van der Waals surface area contributed by atoms with Crippen molar-refractivity contribution in [1.29, 1.82) is 0 Å². The molecule has 3 heteroatoms. The molecule has 13 heavy (non-hydrogen) atoms. The van der Waals surface area contributed by atoms with Crippen LogP contribution in [-0.4, -0.2) is 36.0 Å². The molecule has 0 saturated carbocycles. The zero-order valence-corrected chi connectivity index (χ0v) is 10.1. The Hall–Kier alpha value is 0.660. The van der Waals surface area contributed by atoms with Gasteiger partial charge in [-0.25, -0.2) is 0 Å². The quantitative estimate of drug-likeness (QED) is 0.671. The molecule has 1 rings (SSSR count). The second-order valence-electron chi connectivity index (χ2n) is 3.87. The molecular formula is C10H21NS2. The van der Waals surface area contributed by atoms with Crippen LogP contribution in [0.4, 0.5) is 0 Å². The normalized spacial score (nSPS) is 20.8. The predicted molar refractivity (Wildman–Crippen MR) is 66.1 cm³/mol. The summed E-state index contributed by atoms with van der Waals surface area (Å²) in [6.07, 6.45) is 5.31. The Morgan fingerprint density at radius 3 is 2.31 bits per heavy atom. The van der Waals surface area contributed by atoms with E-state index in [-0.39, 0.29) is 0 Å². The Morgan fingerprint density at radius 2 is 1.77 bits per heavy atom. The average Bonchev–Trinajstić information content (AvgIpc) is 2.17. The summed E-state index contributed by atoms with van der Waals surface area (Å²) < 4.78 is 0. The molecule has 1 aliphatic heterocycles. The molecule has 0 amide bonds. The highest BCUT2D eigenvalue weighted by Gasteiger charge is 2.17. The van der Waals surface area contributed by atoms with Gasteiger partial charge in [0.15, 0.2) is 0 Å². The Balaban J connectivity index is 2.08. The Bertz CT molecular complexity index is 122. The van der Waals surface area contributed by atoms with Gasteiger partial charge in [0.1, 0.15) is 0 Å². The van der Waals surface area contributed by atoms with E-state index >= 15 is 0 Å². The van der Waals surface area contributed by atoms with Crippen molar-refractivity contribution in [2.45, 2.75) is 25.7 Å².